The smallest absolute Gasteiger partial charge is 0.306 e. The van der Waals surface area contributed by atoms with Crippen molar-refractivity contribution in [1.82, 2.24) is 0 Å². The predicted octanol–water partition coefficient (Wildman–Crippen LogP) is 17.0. The summed E-state index contributed by atoms with van der Waals surface area (Å²) in [6.45, 7) is 6.31. The van der Waals surface area contributed by atoms with Crippen LogP contribution in [0.3, 0.4) is 0 Å². The largest absolute Gasteiger partial charge is 0.462 e. The minimum absolute atomic E-state index is 0.0974. The zero-order valence-electron chi connectivity index (χ0n) is 40.8. The van der Waals surface area contributed by atoms with Crippen LogP contribution >= 0.6 is 0 Å². The van der Waals surface area contributed by atoms with E-state index in [-0.39, 0.29) is 31.1 Å². The van der Waals surface area contributed by atoms with Crippen LogP contribution in [0.5, 0.6) is 0 Å². The maximum atomic E-state index is 12.8. The van der Waals surface area contributed by atoms with Crippen molar-refractivity contribution in [1.29, 1.82) is 0 Å². The fraction of sp³-hybridized carbons (Fsp3) is 0.667. The minimum atomic E-state index is -0.800. The summed E-state index contributed by atoms with van der Waals surface area (Å²) in [5.74, 6) is -0.949. The van der Waals surface area contributed by atoms with Gasteiger partial charge in [0, 0.05) is 19.3 Å². The van der Waals surface area contributed by atoms with Crippen LogP contribution in [0, 0.1) is 0 Å². The second-order valence-electron chi connectivity index (χ2n) is 16.8. The van der Waals surface area contributed by atoms with E-state index >= 15 is 0 Å². The molecule has 0 bridgehead atoms. The molecule has 63 heavy (non-hydrogen) atoms. The maximum absolute atomic E-state index is 12.8. The maximum Gasteiger partial charge on any atom is 0.306 e. The van der Waals surface area contributed by atoms with Crippen LogP contribution in [-0.4, -0.2) is 37.2 Å². The molecule has 0 rings (SSSR count). The number of ether oxygens (including phenoxy) is 3. The Morgan fingerprint density at radius 3 is 1.02 bits per heavy atom. The molecule has 358 valence electrons. The molecule has 0 aromatic rings. The van der Waals surface area contributed by atoms with Crippen molar-refractivity contribution in [2.75, 3.05) is 13.2 Å². The first-order valence-electron chi connectivity index (χ1n) is 25.8. The molecule has 1 unspecified atom stereocenters. The summed E-state index contributed by atoms with van der Waals surface area (Å²) in [4.78, 5) is 38.0. The van der Waals surface area contributed by atoms with Gasteiger partial charge >= 0.3 is 17.9 Å². The van der Waals surface area contributed by atoms with Gasteiger partial charge < -0.3 is 14.2 Å². The van der Waals surface area contributed by atoms with Crippen LogP contribution in [0.1, 0.15) is 226 Å². The Balaban J connectivity index is 4.45. The number of hydrogen-bond donors (Lipinski definition) is 0. The molecule has 0 spiro atoms. The van der Waals surface area contributed by atoms with Gasteiger partial charge in [0.15, 0.2) is 6.10 Å². The van der Waals surface area contributed by atoms with Gasteiger partial charge in [0.2, 0.25) is 0 Å². The lowest BCUT2D eigenvalue weighted by atomic mass is 10.1. The normalized spacial score (nSPS) is 12.9. The van der Waals surface area contributed by atoms with Crippen LogP contribution in [0.4, 0.5) is 0 Å². The molecule has 0 aliphatic carbocycles. The standard InChI is InChI=1S/C57H94O6/c1-4-7-10-13-16-19-22-25-27-28-30-32-35-38-41-44-47-50-56(59)62-53-54(52-61-55(58)49-46-43-40-37-34-31-24-21-18-15-12-9-6-3)63-57(60)51-48-45-42-39-36-33-29-26-23-20-17-14-11-8-5-2/h8-9,11-12,14-15,17-18,20-21,23-27,29,54H,4-7,10,13,16,19,22,28,30-53H2,1-3H3/b11-8+,12-9+,17-14+,18-15+,23-20+,24-21+,27-25+,29-26+. The molecular weight excluding hydrogens is 781 g/mol. The first-order valence-corrected chi connectivity index (χ1v) is 25.8. The summed E-state index contributed by atoms with van der Waals surface area (Å²) in [5, 5.41) is 0. The van der Waals surface area contributed by atoms with E-state index < -0.39 is 6.10 Å². The van der Waals surface area contributed by atoms with Crippen LogP contribution in [0.25, 0.3) is 0 Å². The fourth-order valence-electron chi connectivity index (χ4n) is 6.86. The third-order valence-corrected chi connectivity index (χ3v) is 10.7. The Morgan fingerprint density at radius 2 is 0.635 bits per heavy atom. The molecule has 0 saturated heterocycles. The van der Waals surface area contributed by atoms with E-state index in [0.717, 1.165) is 109 Å². The quantitative estimate of drug-likeness (QED) is 0.0199. The fourth-order valence-corrected chi connectivity index (χ4v) is 6.86. The van der Waals surface area contributed by atoms with Gasteiger partial charge in [-0.05, 0) is 83.5 Å². The molecule has 0 aliphatic rings. The van der Waals surface area contributed by atoms with E-state index in [1.54, 1.807) is 0 Å². The van der Waals surface area contributed by atoms with Crippen LogP contribution < -0.4 is 0 Å². The Kier molecular flexibility index (Phi) is 48.0. The lowest BCUT2D eigenvalue weighted by molar-refractivity contribution is -0.167. The average Bonchev–Trinajstić information content (AvgIpc) is 3.28. The van der Waals surface area contributed by atoms with E-state index in [4.69, 9.17) is 14.2 Å². The van der Waals surface area contributed by atoms with Gasteiger partial charge in [-0.25, -0.2) is 0 Å². The van der Waals surface area contributed by atoms with Gasteiger partial charge in [-0.2, -0.15) is 0 Å². The first-order chi connectivity index (χ1) is 31.0. The topological polar surface area (TPSA) is 78.9 Å². The van der Waals surface area contributed by atoms with E-state index in [2.05, 4.69) is 93.7 Å². The Bertz CT molecular complexity index is 1280. The van der Waals surface area contributed by atoms with Gasteiger partial charge in [0.1, 0.15) is 13.2 Å². The molecule has 0 aromatic heterocycles. The molecule has 0 amide bonds. The first kappa shape index (κ1) is 59.3. The zero-order chi connectivity index (χ0) is 45.8. The molecule has 0 heterocycles. The van der Waals surface area contributed by atoms with Crippen molar-refractivity contribution in [3.8, 4) is 0 Å². The summed E-state index contributed by atoms with van der Waals surface area (Å²) < 4.78 is 16.8. The van der Waals surface area contributed by atoms with Crippen molar-refractivity contribution in [2.45, 2.75) is 232 Å². The minimum Gasteiger partial charge on any atom is -0.462 e. The summed E-state index contributed by atoms with van der Waals surface area (Å²) in [7, 11) is 0. The Hall–Kier alpha value is -3.67. The molecule has 6 heteroatoms. The van der Waals surface area contributed by atoms with Crippen molar-refractivity contribution in [3.63, 3.8) is 0 Å². The van der Waals surface area contributed by atoms with Crippen molar-refractivity contribution >= 4 is 17.9 Å². The number of carbonyl (C=O) groups excluding carboxylic acids is 3. The lowest BCUT2D eigenvalue weighted by Gasteiger charge is -2.18. The second kappa shape index (κ2) is 51.0. The molecule has 0 aliphatic heterocycles. The molecule has 0 radical (unpaired) electrons. The van der Waals surface area contributed by atoms with Crippen LogP contribution in [-0.2, 0) is 28.6 Å². The Labute approximate surface area is 387 Å². The predicted molar refractivity (Wildman–Crippen MR) is 270 cm³/mol. The molecule has 0 N–H and O–H groups in total. The van der Waals surface area contributed by atoms with E-state index in [1.165, 1.54) is 77.0 Å². The molecule has 6 nitrogen and oxygen atoms in total. The van der Waals surface area contributed by atoms with Gasteiger partial charge in [-0.3, -0.25) is 14.4 Å². The third kappa shape index (κ3) is 49.2. The lowest BCUT2D eigenvalue weighted by Crippen LogP contribution is -2.30. The van der Waals surface area contributed by atoms with Gasteiger partial charge in [-0.1, -0.05) is 221 Å². The van der Waals surface area contributed by atoms with Gasteiger partial charge in [0.25, 0.3) is 0 Å². The highest BCUT2D eigenvalue weighted by Gasteiger charge is 2.19. The molecule has 0 fully saturated rings. The summed E-state index contributed by atoms with van der Waals surface area (Å²) in [6, 6.07) is 0. The number of hydrogen-bond acceptors (Lipinski definition) is 6. The number of carbonyl (C=O) groups is 3. The van der Waals surface area contributed by atoms with Crippen molar-refractivity contribution in [2.24, 2.45) is 0 Å². The van der Waals surface area contributed by atoms with Gasteiger partial charge in [0.05, 0.1) is 0 Å². The summed E-state index contributed by atoms with van der Waals surface area (Å²) in [6.07, 6.45) is 66.7. The molecule has 0 aromatic carbocycles. The monoisotopic (exact) mass is 875 g/mol. The molecule has 0 saturated carbocycles. The van der Waals surface area contributed by atoms with E-state index in [9.17, 15) is 14.4 Å². The second-order valence-corrected chi connectivity index (χ2v) is 16.8. The molecular formula is C57H94O6. The highest BCUT2D eigenvalue weighted by molar-refractivity contribution is 5.71. The number of allylic oxidation sites excluding steroid dienone is 16. The van der Waals surface area contributed by atoms with Crippen LogP contribution in [0.15, 0.2) is 97.2 Å². The summed E-state index contributed by atoms with van der Waals surface area (Å²) in [5.41, 5.74) is 0. The SMILES string of the molecule is CC/C=C/C=C/C=C/C=C/CCCCCCCC(=O)OC(COC(=O)CCCCCCC/C=C/C=C/C=C/CC)COC(=O)CCCCCCCCC/C=C/CCCCCCCC. The van der Waals surface area contributed by atoms with E-state index in [0.29, 0.717) is 19.3 Å². The highest BCUT2D eigenvalue weighted by atomic mass is 16.6. The van der Waals surface area contributed by atoms with Crippen molar-refractivity contribution < 1.29 is 28.6 Å². The average molecular weight is 875 g/mol. The summed E-state index contributed by atoms with van der Waals surface area (Å²) >= 11 is 0. The number of esters is 3. The number of rotatable bonds is 45. The molecule has 1 atom stereocenters. The zero-order valence-corrected chi connectivity index (χ0v) is 40.8. The van der Waals surface area contributed by atoms with Gasteiger partial charge in [-0.15, -0.1) is 0 Å². The Morgan fingerprint density at radius 1 is 0.333 bits per heavy atom. The van der Waals surface area contributed by atoms with E-state index in [1.807, 2.05) is 24.3 Å². The number of unbranched alkanes of at least 4 members (excludes halogenated alkanes) is 23. The highest BCUT2D eigenvalue weighted by Crippen LogP contribution is 2.14. The third-order valence-electron chi connectivity index (χ3n) is 10.7. The van der Waals surface area contributed by atoms with Crippen molar-refractivity contribution in [3.05, 3.63) is 97.2 Å². The van der Waals surface area contributed by atoms with Crippen LogP contribution in [0.2, 0.25) is 0 Å².